The number of ether oxygens (including phenoxy) is 2. The number of urea groups is 1. The van der Waals surface area contributed by atoms with E-state index in [4.69, 9.17) is 9.47 Å². The van der Waals surface area contributed by atoms with Crippen LogP contribution in [-0.2, 0) is 4.74 Å². The molecule has 3 heterocycles. The van der Waals surface area contributed by atoms with Crippen molar-refractivity contribution in [1.82, 2.24) is 30.2 Å². The van der Waals surface area contributed by atoms with Crippen molar-refractivity contribution < 1.29 is 23.5 Å². The standard InChI is InChI=1S/C25H38FN9O4/c1-5-17(8-7-11-27-3)39-25(37)33-20-9-12-28-23(31-20)35-13-10-18(26)19(16-35)34(4)24(36)32-21-14-30-22(15-29-21)38-6-2/h9,12,14-15,17-19,27H,5-8,10-11,13,16H2,1-4H3,(H,29,32,36)(H,28,31,33,37). The van der Waals surface area contributed by atoms with Gasteiger partial charge in [-0.25, -0.2) is 28.9 Å². The van der Waals surface area contributed by atoms with Crippen molar-refractivity contribution in [3.05, 3.63) is 24.7 Å². The van der Waals surface area contributed by atoms with Crippen molar-refractivity contribution in [2.45, 2.75) is 57.8 Å². The lowest BCUT2D eigenvalue weighted by Crippen LogP contribution is -2.55. The summed E-state index contributed by atoms with van der Waals surface area (Å²) >= 11 is 0. The van der Waals surface area contributed by atoms with Crippen LogP contribution in [0.4, 0.5) is 31.6 Å². The van der Waals surface area contributed by atoms with Gasteiger partial charge < -0.3 is 24.6 Å². The molecule has 3 amide bonds. The number of hydrogen-bond donors (Lipinski definition) is 3. The minimum Gasteiger partial charge on any atom is -0.477 e. The maximum atomic E-state index is 14.9. The number of rotatable bonds is 12. The van der Waals surface area contributed by atoms with Gasteiger partial charge in [0.05, 0.1) is 25.0 Å². The highest BCUT2D eigenvalue weighted by atomic mass is 19.1. The van der Waals surface area contributed by atoms with Crippen LogP contribution in [0.5, 0.6) is 5.88 Å². The van der Waals surface area contributed by atoms with Crippen molar-refractivity contribution in [1.29, 1.82) is 0 Å². The van der Waals surface area contributed by atoms with Crippen LogP contribution >= 0.6 is 0 Å². The molecule has 0 spiro atoms. The summed E-state index contributed by atoms with van der Waals surface area (Å²) in [4.78, 5) is 45.2. The molecular formula is C25H38FN9O4. The van der Waals surface area contributed by atoms with Crippen molar-refractivity contribution in [3.63, 3.8) is 0 Å². The molecule has 39 heavy (non-hydrogen) atoms. The summed E-state index contributed by atoms with van der Waals surface area (Å²) in [6, 6.07) is 0.272. The molecule has 3 N–H and O–H groups in total. The predicted octanol–water partition coefficient (Wildman–Crippen LogP) is 3.07. The third kappa shape index (κ3) is 8.87. The molecule has 214 valence electrons. The highest BCUT2D eigenvalue weighted by molar-refractivity contribution is 5.88. The Bertz CT molecular complexity index is 1060. The summed E-state index contributed by atoms with van der Waals surface area (Å²) in [6.07, 6.45) is 4.80. The lowest BCUT2D eigenvalue weighted by atomic mass is 10.0. The van der Waals surface area contributed by atoms with Crippen LogP contribution in [0.25, 0.3) is 0 Å². The van der Waals surface area contributed by atoms with Gasteiger partial charge in [0.15, 0.2) is 5.82 Å². The van der Waals surface area contributed by atoms with E-state index in [0.29, 0.717) is 31.4 Å². The quantitative estimate of drug-likeness (QED) is 0.339. The Balaban J connectivity index is 1.59. The van der Waals surface area contributed by atoms with Gasteiger partial charge in [0, 0.05) is 26.3 Å². The molecule has 0 aromatic carbocycles. The van der Waals surface area contributed by atoms with E-state index in [2.05, 4.69) is 35.9 Å². The molecule has 1 fully saturated rings. The first-order valence-corrected chi connectivity index (χ1v) is 13.2. The number of carbonyl (C=O) groups is 2. The molecule has 1 saturated heterocycles. The molecule has 0 saturated carbocycles. The minimum atomic E-state index is -1.24. The largest absolute Gasteiger partial charge is 0.477 e. The number of piperidine rings is 1. The molecule has 13 nitrogen and oxygen atoms in total. The van der Waals surface area contributed by atoms with E-state index < -0.39 is 24.3 Å². The topological polar surface area (TPSA) is 147 Å². The molecular weight excluding hydrogens is 509 g/mol. The first-order valence-electron chi connectivity index (χ1n) is 13.2. The van der Waals surface area contributed by atoms with Crippen LogP contribution in [-0.4, -0.2) is 95.6 Å². The van der Waals surface area contributed by atoms with Gasteiger partial charge in [0.2, 0.25) is 11.8 Å². The van der Waals surface area contributed by atoms with E-state index in [1.54, 1.807) is 11.0 Å². The summed E-state index contributed by atoms with van der Waals surface area (Å²) in [5.74, 6) is 1.15. The Hall–Kier alpha value is -3.81. The summed E-state index contributed by atoms with van der Waals surface area (Å²) in [5, 5.41) is 8.36. The number of amides is 3. The molecule has 2 aromatic heterocycles. The van der Waals surface area contributed by atoms with Gasteiger partial charge >= 0.3 is 12.1 Å². The molecule has 14 heteroatoms. The minimum absolute atomic E-state index is 0.164. The average molecular weight is 548 g/mol. The third-order valence-electron chi connectivity index (χ3n) is 6.31. The number of likely N-dealkylation sites (N-methyl/N-ethyl adjacent to an activating group) is 1. The summed E-state index contributed by atoms with van der Waals surface area (Å²) < 4.78 is 25.7. The van der Waals surface area contributed by atoms with E-state index in [1.807, 2.05) is 20.9 Å². The number of alkyl halides is 1. The zero-order valence-electron chi connectivity index (χ0n) is 22.9. The lowest BCUT2D eigenvalue weighted by Gasteiger charge is -2.39. The van der Waals surface area contributed by atoms with Crippen molar-refractivity contribution in [2.24, 2.45) is 0 Å². The van der Waals surface area contributed by atoms with Crippen LogP contribution < -0.4 is 25.6 Å². The third-order valence-corrected chi connectivity index (χ3v) is 6.31. The first-order chi connectivity index (χ1) is 18.8. The Labute approximate surface area is 227 Å². The van der Waals surface area contributed by atoms with Gasteiger partial charge in [-0.1, -0.05) is 6.92 Å². The molecule has 3 rings (SSSR count). The fraction of sp³-hybridized carbons (Fsp3) is 0.600. The van der Waals surface area contributed by atoms with Gasteiger partial charge in [-0.2, -0.15) is 4.98 Å². The first kappa shape index (κ1) is 29.7. The molecule has 0 radical (unpaired) electrons. The molecule has 1 aliphatic heterocycles. The Morgan fingerprint density at radius 1 is 1.21 bits per heavy atom. The van der Waals surface area contributed by atoms with Gasteiger partial charge in [-0.3, -0.25) is 10.6 Å². The van der Waals surface area contributed by atoms with Gasteiger partial charge in [0.1, 0.15) is 18.1 Å². The number of carbonyl (C=O) groups excluding carboxylic acids is 2. The van der Waals surface area contributed by atoms with Crippen LogP contribution in [0.3, 0.4) is 0 Å². The maximum absolute atomic E-state index is 14.9. The predicted molar refractivity (Wildman–Crippen MR) is 145 cm³/mol. The monoisotopic (exact) mass is 547 g/mol. The highest BCUT2D eigenvalue weighted by Gasteiger charge is 2.35. The van der Waals surface area contributed by atoms with Crippen LogP contribution in [0.2, 0.25) is 0 Å². The summed E-state index contributed by atoms with van der Waals surface area (Å²) in [7, 11) is 3.40. The lowest BCUT2D eigenvalue weighted by molar-refractivity contribution is 0.101. The molecule has 3 unspecified atom stereocenters. The SMILES string of the molecule is CCOc1cnc(NC(=O)N(C)C2CN(c3nccc(NC(=O)OC(CC)CCCNC)n3)CCC2F)cn1. The van der Waals surface area contributed by atoms with Crippen LogP contribution in [0.15, 0.2) is 24.7 Å². The van der Waals surface area contributed by atoms with E-state index in [-0.39, 0.29) is 30.7 Å². The molecule has 0 aliphatic carbocycles. The maximum Gasteiger partial charge on any atom is 0.413 e. The van der Waals surface area contributed by atoms with E-state index >= 15 is 0 Å². The number of aromatic nitrogens is 4. The van der Waals surface area contributed by atoms with E-state index in [9.17, 15) is 14.0 Å². The van der Waals surface area contributed by atoms with Crippen molar-refractivity contribution in [2.75, 3.05) is 55.9 Å². The van der Waals surface area contributed by atoms with E-state index in [0.717, 1.165) is 19.4 Å². The summed E-state index contributed by atoms with van der Waals surface area (Å²) in [5.41, 5.74) is 0. The van der Waals surface area contributed by atoms with Crippen LogP contribution in [0.1, 0.15) is 39.5 Å². The Kier molecular flexibility index (Phi) is 11.4. The Morgan fingerprint density at radius 2 is 2.03 bits per heavy atom. The van der Waals surface area contributed by atoms with Gasteiger partial charge in [-0.05, 0) is 52.3 Å². The fourth-order valence-electron chi connectivity index (χ4n) is 4.11. The number of nitrogens with zero attached hydrogens (tertiary/aromatic N) is 6. The number of anilines is 3. The van der Waals surface area contributed by atoms with Crippen LogP contribution in [0, 0.1) is 0 Å². The van der Waals surface area contributed by atoms with E-state index in [1.165, 1.54) is 30.5 Å². The molecule has 3 atom stereocenters. The Morgan fingerprint density at radius 3 is 2.72 bits per heavy atom. The number of nitrogens with one attached hydrogen (secondary N) is 3. The molecule has 2 aromatic rings. The summed E-state index contributed by atoms with van der Waals surface area (Å²) in [6.45, 7) is 5.61. The van der Waals surface area contributed by atoms with Crippen molar-refractivity contribution in [3.8, 4) is 5.88 Å². The van der Waals surface area contributed by atoms with Crippen molar-refractivity contribution >= 4 is 29.7 Å². The van der Waals surface area contributed by atoms with Gasteiger partial charge in [0.25, 0.3) is 0 Å². The molecule has 0 bridgehead atoms. The second kappa shape index (κ2) is 15.0. The zero-order chi connectivity index (χ0) is 28.2. The normalized spacial score (nSPS) is 17.7. The fourth-order valence-corrected chi connectivity index (χ4v) is 4.11. The second-order valence-electron chi connectivity index (χ2n) is 9.08. The highest BCUT2D eigenvalue weighted by Crippen LogP contribution is 2.23. The number of halogens is 1. The second-order valence-corrected chi connectivity index (χ2v) is 9.08. The molecule has 1 aliphatic rings. The van der Waals surface area contributed by atoms with Gasteiger partial charge in [-0.15, -0.1) is 0 Å². The zero-order valence-corrected chi connectivity index (χ0v) is 22.9. The smallest absolute Gasteiger partial charge is 0.413 e. The average Bonchev–Trinajstić information content (AvgIpc) is 2.93. The number of hydrogen-bond acceptors (Lipinski definition) is 10.